The van der Waals surface area contributed by atoms with Crippen LogP contribution in [0.15, 0.2) is 53.9 Å². The Kier molecular flexibility index (Phi) is 3.44. The number of hydrogen-bond acceptors (Lipinski definition) is 5. The van der Waals surface area contributed by atoms with Crippen molar-refractivity contribution in [1.82, 2.24) is 15.0 Å². The fourth-order valence-corrected chi connectivity index (χ4v) is 2.92. The van der Waals surface area contributed by atoms with Crippen molar-refractivity contribution in [2.45, 2.75) is 4.90 Å². The minimum absolute atomic E-state index is 0.00909. The van der Waals surface area contributed by atoms with E-state index in [1.54, 1.807) is 30.6 Å². The van der Waals surface area contributed by atoms with E-state index in [4.69, 9.17) is 11.6 Å². The van der Waals surface area contributed by atoms with Gasteiger partial charge in [-0.25, -0.2) is 18.4 Å². The molecule has 21 heavy (non-hydrogen) atoms. The molecule has 8 heteroatoms. The molecule has 0 amide bonds. The molecular weight excluding hydrogens is 312 g/mol. The van der Waals surface area contributed by atoms with Gasteiger partial charge in [-0.05, 0) is 23.7 Å². The molecule has 0 aliphatic rings. The van der Waals surface area contributed by atoms with E-state index in [0.717, 1.165) is 23.2 Å². The minimum Gasteiger partial charge on any atom is -0.279 e. The summed E-state index contributed by atoms with van der Waals surface area (Å²) in [4.78, 5) is 11.3. The summed E-state index contributed by atoms with van der Waals surface area (Å²) in [5.41, 5.74) is 0.463. The molecule has 2 heterocycles. The molecule has 0 unspecified atom stereocenters. The summed E-state index contributed by atoms with van der Waals surface area (Å²) in [7, 11) is -3.78. The second-order valence-corrected chi connectivity index (χ2v) is 6.22. The van der Waals surface area contributed by atoms with Crippen LogP contribution in [-0.2, 0) is 10.0 Å². The number of nitrogens with zero attached hydrogens (tertiary/aromatic N) is 3. The second kappa shape index (κ2) is 5.27. The molecule has 0 aliphatic carbocycles. The van der Waals surface area contributed by atoms with Crippen LogP contribution in [0.2, 0.25) is 5.28 Å². The van der Waals surface area contributed by atoms with Crippen molar-refractivity contribution in [3.63, 3.8) is 0 Å². The van der Waals surface area contributed by atoms with E-state index in [1.165, 1.54) is 0 Å². The Bertz CT molecular complexity index is 892. The zero-order chi connectivity index (χ0) is 14.9. The Hall–Kier alpha value is -2.25. The first kappa shape index (κ1) is 13.7. The molecule has 0 saturated carbocycles. The van der Waals surface area contributed by atoms with Gasteiger partial charge in [0, 0.05) is 23.2 Å². The summed E-state index contributed by atoms with van der Waals surface area (Å²) in [5.74, 6) is 0. The normalized spacial score (nSPS) is 11.5. The van der Waals surface area contributed by atoms with Crippen molar-refractivity contribution in [3.8, 4) is 0 Å². The van der Waals surface area contributed by atoms with Crippen LogP contribution >= 0.6 is 11.6 Å². The van der Waals surface area contributed by atoms with Gasteiger partial charge in [0.15, 0.2) is 0 Å². The number of hydrogen-bond donors (Lipinski definition) is 1. The Morgan fingerprint density at radius 2 is 1.81 bits per heavy atom. The summed E-state index contributed by atoms with van der Waals surface area (Å²) >= 11 is 5.56. The lowest BCUT2D eigenvalue weighted by Gasteiger charge is -2.10. The highest BCUT2D eigenvalue weighted by Crippen LogP contribution is 2.24. The summed E-state index contributed by atoms with van der Waals surface area (Å²) < 4.78 is 27.1. The average Bonchev–Trinajstić information content (AvgIpc) is 2.48. The number of aromatic nitrogens is 3. The lowest BCUT2D eigenvalue weighted by molar-refractivity contribution is 0.600. The third-order valence-corrected chi connectivity index (χ3v) is 4.35. The van der Waals surface area contributed by atoms with Crippen LogP contribution in [0.5, 0.6) is 0 Å². The van der Waals surface area contributed by atoms with E-state index < -0.39 is 10.0 Å². The van der Waals surface area contributed by atoms with E-state index >= 15 is 0 Å². The van der Waals surface area contributed by atoms with Crippen molar-refractivity contribution in [2.75, 3.05) is 4.72 Å². The second-order valence-electron chi connectivity index (χ2n) is 4.20. The zero-order valence-electron chi connectivity index (χ0n) is 10.6. The van der Waals surface area contributed by atoms with E-state index in [0.29, 0.717) is 5.69 Å². The summed E-state index contributed by atoms with van der Waals surface area (Å²) in [6.07, 6.45) is 5.58. The van der Waals surface area contributed by atoms with E-state index in [9.17, 15) is 8.42 Å². The highest BCUT2D eigenvalue weighted by Gasteiger charge is 2.16. The van der Waals surface area contributed by atoms with Gasteiger partial charge in [0.2, 0.25) is 5.28 Å². The monoisotopic (exact) mass is 320 g/mol. The van der Waals surface area contributed by atoms with Crippen molar-refractivity contribution >= 4 is 38.1 Å². The highest BCUT2D eigenvalue weighted by molar-refractivity contribution is 7.92. The predicted molar refractivity (Wildman–Crippen MR) is 79.6 cm³/mol. The molecule has 0 spiro atoms. The fourth-order valence-electron chi connectivity index (χ4n) is 1.85. The maximum absolute atomic E-state index is 12.3. The van der Waals surface area contributed by atoms with Crippen LogP contribution in [0.1, 0.15) is 0 Å². The van der Waals surface area contributed by atoms with Gasteiger partial charge < -0.3 is 0 Å². The van der Waals surface area contributed by atoms with Gasteiger partial charge in [0.05, 0.1) is 18.1 Å². The van der Waals surface area contributed by atoms with Crippen LogP contribution in [0.3, 0.4) is 0 Å². The predicted octanol–water partition coefficient (Wildman–Crippen LogP) is 2.48. The SMILES string of the molecule is O=S(=O)(Nc1cccc2cnccc12)c1cnc(Cl)nc1. The third-order valence-electron chi connectivity index (χ3n) is 2.83. The van der Waals surface area contributed by atoms with Crippen LogP contribution in [-0.4, -0.2) is 23.4 Å². The molecule has 6 nitrogen and oxygen atoms in total. The molecule has 0 radical (unpaired) electrons. The Morgan fingerprint density at radius 3 is 2.57 bits per heavy atom. The molecule has 3 aromatic rings. The van der Waals surface area contributed by atoms with Gasteiger partial charge >= 0.3 is 0 Å². The van der Waals surface area contributed by atoms with Gasteiger partial charge in [-0.15, -0.1) is 0 Å². The number of sulfonamides is 1. The molecule has 1 N–H and O–H groups in total. The number of benzene rings is 1. The van der Waals surface area contributed by atoms with Crippen LogP contribution in [0, 0.1) is 0 Å². The Labute approximate surface area is 125 Å². The number of pyridine rings is 1. The third kappa shape index (κ3) is 2.79. The van der Waals surface area contributed by atoms with E-state index in [1.807, 2.05) is 6.07 Å². The molecular formula is C13H9ClN4O2S. The first-order valence-corrected chi connectivity index (χ1v) is 7.75. The molecule has 2 aromatic heterocycles. The Morgan fingerprint density at radius 1 is 1.05 bits per heavy atom. The summed E-state index contributed by atoms with van der Waals surface area (Å²) in [6, 6.07) is 7.02. The summed E-state index contributed by atoms with van der Waals surface area (Å²) in [5, 5.41) is 1.58. The largest absolute Gasteiger partial charge is 0.279 e. The molecule has 0 bridgehead atoms. The first-order chi connectivity index (χ1) is 10.1. The molecule has 0 aliphatic heterocycles. The molecule has 0 saturated heterocycles. The van der Waals surface area contributed by atoms with Crippen molar-refractivity contribution < 1.29 is 8.42 Å². The topological polar surface area (TPSA) is 84.8 Å². The minimum atomic E-state index is -3.78. The fraction of sp³-hybridized carbons (Fsp3) is 0. The number of rotatable bonds is 3. The van der Waals surface area contributed by atoms with Crippen LogP contribution in [0.4, 0.5) is 5.69 Å². The standard InChI is InChI=1S/C13H9ClN4O2S/c14-13-16-7-10(8-17-13)21(19,20)18-12-3-1-2-9-6-15-5-4-11(9)12/h1-8,18H. The van der Waals surface area contributed by atoms with Crippen molar-refractivity contribution in [1.29, 1.82) is 0 Å². The number of anilines is 1. The lowest BCUT2D eigenvalue weighted by Crippen LogP contribution is -2.13. The summed E-state index contributed by atoms with van der Waals surface area (Å²) in [6.45, 7) is 0. The number of halogens is 1. The molecule has 106 valence electrons. The van der Waals surface area contributed by atoms with Crippen LogP contribution < -0.4 is 4.72 Å². The van der Waals surface area contributed by atoms with Gasteiger partial charge in [0.1, 0.15) is 4.90 Å². The van der Waals surface area contributed by atoms with E-state index in [2.05, 4.69) is 19.7 Å². The molecule has 1 aromatic carbocycles. The lowest BCUT2D eigenvalue weighted by atomic mass is 10.1. The van der Waals surface area contributed by atoms with E-state index in [-0.39, 0.29) is 10.2 Å². The number of nitrogens with one attached hydrogen (secondary N) is 1. The average molecular weight is 321 g/mol. The van der Waals surface area contributed by atoms with Gasteiger partial charge in [-0.3, -0.25) is 9.71 Å². The van der Waals surface area contributed by atoms with Crippen LogP contribution in [0.25, 0.3) is 10.8 Å². The molecule has 3 rings (SSSR count). The smallest absolute Gasteiger partial charge is 0.264 e. The quantitative estimate of drug-likeness (QED) is 0.749. The maximum Gasteiger partial charge on any atom is 0.264 e. The van der Waals surface area contributed by atoms with Gasteiger partial charge in [0.25, 0.3) is 10.0 Å². The van der Waals surface area contributed by atoms with Gasteiger partial charge in [-0.2, -0.15) is 0 Å². The highest BCUT2D eigenvalue weighted by atomic mass is 35.5. The molecule has 0 fully saturated rings. The number of fused-ring (bicyclic) bond motifs is 1. The Balaban J connectivity index is 2.03. The van der Waals surface area contributed by atoms with Gasteiger partial charge in [-0.1, -0.05) is 12.1 Å². The van der Waals surface area contributed by atoms with Crippen molar-refractivity contribution in [2.24, 2.45) is 0 Å². The van der Waals surface area contributed by atoms with Crippen molar-refractivity contribution in [3.05, 3.63) is 54.3 Å². The maximum atomic E-state index is 12.3. The zero-order valence-corrected chi connectivity index (χ0v) is 12.1. The molecule has 0 atom stereocenters. The first-order valence-electron chi connectivity index (χ1n) is 5.89.